The molecular formula is C31H33N2O3S+. The number of Topliss-reactive ketones (excluding diaryl/α,β-unsaturated/α-hetero) is 1. The van der Waals surface area contributed by atoms with Crippen LogP contribution in [-0.4, -0.2) is 16.5 Å². The van der Waals surface area contributed by atoms with Crippen molar-refractivity contribution < 1.29 is 14.3 Å². The highest BCUT2D eigenvalue weighted by Gasteiger charge is 2.51. The molecule has 1 aromatic heterocycles. The Kier molecular flexibility index (Phi) is 6.62. The van der Waals surface area contributed by atoms with Gasteiger partial charge in [-0.1, -0.05) is 12.1 Å². The van der Waals surface area contributed by atoms with Gasteiger partial charge in [-0.3, -0.25) is 14.9 Å². The molecule has 0 N–H and O–H groups in total. The molecule has 4 fully saturated rings. The minimum Gasteiger partial charge on any atom is -0.287 e. The summed E-state index contributed by atoms with van der Waals surface area (Å²) in [5, 5.41) is 10.8. The number of hydrogen-bond acceptors (Lipinski definition) is 4. The molecule has 4 aliphatic rings. The second kappa shape index (κ2) is 10.1. The molecule has 0 unspecified atom stereocenters. The molecule has 4 saturated carbocycles. The Hall–Kier alpha value is -2.99. The molecule has 0 saturated heterocycles. The van der Waals surface area contributed by atoms with Crippen LogP contribution in [-0.2, 0) is 18.4 Å². The number of rotatable bonds is 9. The van der Waals surface area contributed by atoms with E-state index < -0.39 is 4.92 Å². The van der Waals surface area contributed by atoms with Crippen molar-refractivity contribution in [1.82, 2.24) is 0 Å². The lowest BCUT2D eigenvalue weighted by Gasteiger charge is -2.57. The zero-order valence-electron chi connectivity index (χ0n) is 21.1. The standard InChI is InChI=1S/C31H33N2O3S/c34-30(26-1-5-28(6-2-26)33(35)36)21-32-12-9-22(10-13-32)11-14-37-29-7-3-27(4-8-29)31-18-23-15-24(19-31)17-25(16-23)20-31/h1-10,12-13,23-25H,11,14-21H2/q+1. The predicted molar refractivity (Wildman–Crippen MR) is 145 cm³/mol. The highest BCUT2D eigenvalue weighted by Crippen LogP contribution is 2.60. The van der Waals surface area contributed by atoms with Crippen LogP contribution in [0.4, 0.5) is 5.69 Å². The molecule has 190 valence electrons. The molecule has 3 aromatic rings. The van der Waals surface area contributed by atoms with Crippen molar-refractivity contribution in [3.05, 3.63) is 99.9 Å². The van der Waals surface area contributed by atoms with Gasteiger partial charge >= 0.3 is 0 Å². The first-order valence-corrected chi connectivity index (χ1v) is 14.4. The summed E-state index contributed by atoms with van der Waals surface area (Å²) in [6.07, 6.45) is 13.6. The van der Waals surface area contributed by atoms with E-state index >= 15 is 0 Å². The summed E-state index contributed by atoms with van der Waals surface area (Å²) in [5.74, 6) is 3.88. The van der Waals surface area contributed by atoms with E-state index in [2.05, 4.69) is 36.4 Å². The fraction of sp³-hybridized carbons (Fsp3) is 0.419. The maximum Gasteiger partial charge on any atom is 0.269 e. The third-order valence-corrected chi connectivity index (χ3v) is 9.86. The molecule has 37 heavy (non-hydrogen) atoms. The van der Waals surface area contributed by atoms with Crippen molar-refractivity contribution in [2.24, 2.45) is 17.8 Å². The van der Waals surface area contributed by atoms with Crippen LogP contribution in [0.25, 0.3) is 0 Å². The molecule has 0 radical (unpaired) electrons. The van der Waals surface area contributed by atoms with Crippen molar-refractivity contribution in [2.75, 3.05) is 5.75 Å². The average Bonchev–Trinajstić information content (AvgIpc) is 2.89. The normalized spacial score (nSPS) is 25.8. The second-order valence-corrected chi connectivity index (χ2v) is 12.6. The van der Waals surface area contributed by atoms with Crippen LogP contribution in [0.3, 0.4) is 0 Å². The minimum absolute atomic E-state index is 0.00927. The zero-order valence-corrected chi connectivity index (χ0v) is 21.9. The first-order chi connectivity index (χ1) is 18.0. The van der Waals surface area contributed by atoms with Gasteiger partial charge in [-0.25, -0.2) is 0 Å². The Morgan fingerprint density at radius 1 is 0.892 bits per heavy atom. The molecule has 4 bridgehead atoms. The van der Waals surface area contributed by atoms with E-state index in [1.54, 1.807) is 5.56 Å². The maximum absolute atomic E-state index is 12.5. The van der Waals surface area contributed by atoms with Crippen molar-refractivity contribution in [1.29, 1.82) is 0 Å². The van der Waals surface area contributed by atoms with Gasteiger partial charge in [-0.05, 0) is 104 Å². The lowest BCUT2D eigenvalue weighted by atomic mass is 9.48. The molecule has 6 heteroatoms. The number of pyridine rings is 1. The number of non-ortho nitro benzene ring substituents is 1. The third-order valence-electron chi connectivity index (χ3n) is 8.85. The molecule has 0 amide bonds. The largest absolute Gasteiger partial charge is 0.287 e. The van der Waals surface area contributed by atoms with Crippen LogP contribution in [0.15, 0.2) is 78.0 Å². The number of ketones is 1. The summed E-state index contributed by atoms with van der Waals surface area (Å²) >= 11 is 1.91. The van der Waals surface area contributed by atoms with E-state index in [0.717, 1.165) is 29.9 Å². The monoisotopic (exact) mass is 513 g/mol. The summed E-state index contributed by atoms with van der Waals surface area (Å²) in [4.78, 5) is 24.2. The van der Waals surface area contributed by atoms with Crippen molar-refractivity contribution in [3.63, 3.8) is 0 Å². The summed E-state index contributed by atoms with van der Waals surface area (Å²) in [6.45, 7) is 0.211. The van der Waals surface area contributed by atoms with E-state index in [4.69, 9.17) is 0 Å². The van der Waals surface area contributed by atoms with Crippen LogP contribution in [0.5, 0.6) is 0 Å². The van der Waals surface area contributed by atoms with E-state index in [1.807, 2.05) is 28.7 Å². The number of aromatic nitrogens is 1. The first-order valence-electron chi connectivity index (χ1n) is 13.4. The Morgan fingerprint density at radius 3 is 2.05 bits per heavy atom. The lowest BCUT2D eigenvalue weighted by molar-refractivity contribution is -0.683. The molecule has 5 nitrogen and oxygen atoms in total. The van der Waals surface area contributed by atoms with Gasteiger partial charge in [0, 0.05) is 40.5 Å². The number of nitro benzene ring substituents is 1. The number of carbonyl (C=O) groups is 1. The van der Waals surface area contributed by atoms with Crippen LogP contribution in [0.2, 0.25) is 0 Å². The smallest absolute Gasteiger partial charge is 0.269 e. The zero-order chi connectivity index (χ0) is 25.4. The molecular weight excluding hydrogens is 480 g/mol. The van der Waals surface area contributed by atoms with Crippen LogP contribution >= 0.6 is 11.8 Å². The Morgan fingerprint density at radius 2 is 1.49 bits per heavy atom. The quantitative estimate of drug-likeness (QED) is 0.107. The predicted octanol–water partition coefficient (Wildman–Crippen LogP) is 6.57. The first kappa shape index (κ1) is 24.4. The molecule has 1 heterocycles. The van der Waals surface area contributed by atoms with Gasteiger partial charge in [0.15, 0.2) is 12.4 Å². The van der Waals surface area contributed by atoms with E-state index in [-0.39, 0.29) is 18.0 Å². The van der Waals surface area contributed by atoms with Crippen molar-refractivity contribution >= 4 is 23.2 Å². The maximum atomic E-state index is 12.5. The Labute approximate surface area is 222 Å². The summed E-state index contributed by atoms with van der Waals surface area (Å²) in [7, 11) is 0. The molecule has 4 aliphatic carbocycles. The van der Waals surface area contributed by atoms with Crippen LogP contribution in [0.1, 0.15) is 60.0 Å². The van der Waals surface area contributed by atoms with Crippen LogP contribution in [0, 0.1) is 27.9 Å². The third kappa shape index (κ3) is 5.22. The Bertz CT molecular complexity index is 1250. The number of aryl methyl sites for hydroxylation is 1. The van der Waals surface area contributed by atoms with Crippen molar-refractivity contribution in [2.45, 2.75) is 61.8 Å². The van der Waals surface area contributed by atoms with Gasteiger partial charge in [0.25, 0.3) is 5.69 Å². The number of thioether (sulfide) groups is 1. The highest BCUT2D eigenvalue weighted by molar-refractivity contribution is 7.99. The minimum atomic E-state index is -0.460. The number of nitro groups is 1. The summed E-state index contributed by atoms with van der Waals surface area (Å²) in [6, 6.07) is 19.4. The van der Waals surface area contributed by atoms with E-state index in [0.29, 0.717) is 11.0 Å². The molecule has 0 atom stereocenters. The van der Waals surface area contributed by atoms with Gasteiger partial charge in [-0.2, -0.15) is 4.57 Å². The van der Waals surface area contributed by atoms with E-state index in [9.17, 15) is 14.9 Å². The van der Waals surface area contributed by atoms with Gasteiger partial charge in [-0.15, -0.1) is 11.8 Å². The van der Waals surface area contributed by atoms with Gasteiger partial charge < -0.3 is 0 Å². The topological polar surface area (TPSA) is 64.1 Å². The average molecular weight is 514 g/mol. The molecule has 7 rings (SSSR count). The molecule has 2 aromatic carbocycles. The Balaban J connectivity index is 0.995. The number of carbonyl (C=O) groups excluding carboxylic acids is 1. The second-order valence-electron chi connectivity index (χ2n) is 11.4. The molecule has 0 spiro atoms. The lowest BCUT2D eigenvalue weighted by Crippen LogP contribution is -2.48. The summed E-state index contributed by atoms with van der Waals surface area (Å²) in [5.41, 5.74) is 3.78. The number of nitrogens with zero attached hydrogens (tertiary/aromatic N) is 2. The fourth-order valence-electron chi connectivity index (χ4n) is 7.44. The van der Waals surface area contributed by atoms with Gasteiger partial charge in [0.2, 0.25) is 12.3 Å². The SMILES string of the molecule is O=C(C[n+]1ccc(CCSc2ccc(C34CC5CC(CC(C5)C3)C4)cc2)cc1)c1ccc([N+](=O)[O-])cc1. The van der Waals surface area contributed by atoms with E-state index in [1.165, 1.54) is 73.2 Å². The number of hydrogen-bond donors (Lipinski definition) is 0. The summed E-state index contributed by atoms with van der Waals surface area (Å²) < 4.78 is 1.85. The van der Waals surface area contributed by atoms with Gasteiger partial charge in [0.05, 0.1) is 4.92 Å². The highest BCUT2D eigenvalue weighted by atomic mass is 32.2. The van der Waals surface area contributed by atoms with Crippen molar-refractivity contribution in [3.8, 4) is 0 Å². The van der Waals surface area contributed by atoms with Gasteiger partial charge in [0.1, 0.15) is 0 Å². The molecule has 0 aliphatic heterocycles. The number of benzene rings is 2. The fourth-order valence-corrected chi connectivity index (χ4v) is 8.34. The van der Waals surface area contributed by atoms with Crippen LogP contribution < -0.4 is 4.57 Å².